The summed E-state index contributed by atoms with van der Waals surface area (Å²) in [6.07, 6.45) is 0.157. The molecule has 0 aliphatic heterocycles. The van der Waals surface area contributed by atoms with Gasteiger partial charge in [-0.3, -0.25) is 25.0 Å². The summed E-state index contributed by atoms with van der Waals surface area (Å²) in [6.45, 7) is 2.73. The number of azo groups is 1. The lowest BCUT2D eigenvalue weighted by molar-refractivity contribution is -0.385. The summed E-state index contributed by atoms with van der Waals surface area (Å²) in [6, 6.07) is 19.2. The van der Waals surface area contributed by atoms with Crippen molar-refractivity contribution in [3.63, 3.8) is 0 Å². The van der Waals surface area contributed by atoms with Gasteiger partial charge in [0.05, 0.1) is 34.2 Å². The summed E-state index contributed by atoms with van der Waals surface area (Å²) in [5.41, 5.74) is 2.52. The third-order valence-electron chi connectivity index (χ3n) is 4.94. The number of hydrogen-bond donors (Lipinski definition) is 0. The monoisotopic (exact) mass is 477 g/mol. The number of non-ortho nitro benzene ring substituents is 2. The van der Waals surface area contributed by atoms with E-state index in [4.69, 9.17) is 4.74 Å². The summed E-state index contributed by atoms with van der Waals surface area (Å²) < 4.78 is 5.02. The van der Waals surface area contributed by atoms with E-state index in [-0.39, 0.29) is 30.4 Å². The van der Waals surface area contributed by atoms with Crippen molar-refractivity contribution in [2.75, 3.05) is 18.1 Å². The predicted octanol–water partition coefficient (Wildman–Crippen LogP) is 5.88. The Hall–Kier alpha value is -4.67. The molecule has 0 saturated heterocycles. The molecule has 0 heterocycles. The van der Waals surface area contributed by atoms with Crippen LogP contribution in [0, 0.1) is 20.2 Å². The number of carbonyl (C=O) groups excluding carboxylic acids is 1. The molecule has 0 spiro atoms. The Bertz CT molecular complexity index is 1210. The molecule has 0 radical (unpaired) electrons. The maximum absolute atomic E-state index is 11.9. The molecule has 0 aromatic heterocycles. The number of nitro groups is 2. The second kappa shape index (κ2) is 12.0. The van der Waals surface area contributed by atoms with Gasteiger partial charge < -0.3 is 9.64 Å². The lowest BCUT2D eigenvalue weighted by Crippen LogP contribution is -2.26. The lowest BCUT2D eigenvalue weighted by atomic mass is 10.1. The van der Waals surface area contributed by atoms with Crippen LogP contribution >= 0.6 is 0 Å². The summed E-state index contributed by atoms with van der Waals surface area (Å²) in [7, 11) is 0. The van der Waals surface area contributed by atoms with Gasteiger partial charge in [-0.1, -0.05) is 12.1 Å². The van der Waals surface area contributed by atoms with Crippen LogP contribution in [0.25, 0.3) is 0 Å². The third kappa shape index (κ3) is 7.42. The molecule has 0 amide bonds. The molecule has 3 rings (SSSR count). The minimum atomic E-state index is -0.485. The van der Waals surface area contributed by atoms with E-state index in [1.807, 2.05) is 17.0 Å². The lowest BCUT2D eigenvalue weighted by Gasteiger charge is -2.24. The zero-order valence-corrected chi connectivity index (χ0v) is 18.9. The van der Waals surface area contributed by atoms with Crippen LogP contribution < -0.4 is 4.90 Å². The SMILES string of the molecule is CCOC(=O)CCN(Cc1cccc([N+](=O)[O-])c1)c1ccc(N=Nc2ccc([N+](=O)[O-])cc2)cc1. The summed E-state index contributed by atoms with van der Waals surface area (Å²) in [5.74, 6) is -0.329. The number of anilines is 1. The number of benzene rings is 3. The van der Waals surface area contributed by atoms with Gasteiger partial charge in [0.15, 0.2) is 0 Å². The molecule has 3 aromatic rings. The molecule has 0 fully saturated rings. The molecule has 3 aromatic carbocycles. The van der Waals surface area contributed by atoms with Gasteiger partial charge in [-0.25, -0.2) is 0 Å². The third-order valence-corrected chi connectivity index (χ3v) is 4.94. The molecule has 0 bridgehead atoms. The maximum atomic E-state index is 11.9. The second-order valence-electron chi connectivity index (χ2n) is 7.39. The van der Waals surface area contributed by atoms with Crippen LogP contribution in [0.3, 0.4) is 0 Å². The van der Waals surface area contributed by atoms with E-state index < -0.39 is 9.85 Å². The molecule has 0 atom stereocenters. The van der Waals surface area contributed by atoms with Crippen molar-refractivity contribution in [2.24, 2.45) is 10.2 Å². The molecule has 0 aliphatic rings. The molecule has 0 unspecified atom stereocenters. The fourth-order valence-corrected chi connectivity index (χ4v) is 3.23. The van der Waals surface area contributed by atoms with Gasteiger partial charge in [-0.05, 0) is 48.9 Å². The summed E-state index contributed by atoms with van der Waals surface area (Å²) >= 11 is 0. The quantitative estimate of drug-likeness (QED) is 0.145. The van der Waals surface area contributed by atoms with Crippen molar-refractivity contribution in [1.29, 1.82) is 0 Å². The summed E-state index contributed by atoms with van der Waals surface area (Å²) in [5, 5.41) is 30.1. The maximum Gasteiger partial charge on any atom is 0.307 e. The largest absolute Gasteiger partial charge is 0.466 e. The number of esters is 1. The second-order valence-corrected chi connectivity index (χ2v) is 7.39. The van der Waals surface area contributed by atoms with E-state index in [1.54, 1.807) is 31.2 Å². The van der Waals surface area contributed by atoms with Gasteiger partial charge in [0.25, 0.3) is 11.4 Å². The number of ether oxygens (including phenoxy) is 1. The number of carbonyl (C=O) groups is 1. The van der Waals surface area contributed by atoms with Gasteiger partial charge in [0, 0.05) is 43.0 Å². The Morgan fingerprint density at radius 2 is 1.49 bits per heavy atom. The predicted molar refractivity (Wildman–Crippen MR) is 129 cm³/mol. The first kappa shape index (κ1) is 25.0. The van der Waals surface area contributed by atoms with Crippen LogP contribution in [0.4, 0.5) is 28.4 Å². The highest BCUT2D eigenvalue weighted by molar-refractivity contribution is 5.70. The minimum absolute atomic E-state index is 0.00477. The number of nitro benzene ring substituents is 2. The molecule has 11 nitrogen and oxygen atoms in total. The van der Waals surface area contributed by atoms with Crippen molar-refractivity contribution >= 4 is 34.4 Å². The smallest absolute Gasteiger partial charge is 0.307 e. The van der Waals surface area contributed by atoms with E-state index in [0.29, 0.717) is 24.5 Å². The zero-order valence-electron chi connectivity index (χ0n) is 18.9. The molecule has 0 aliphatic carbocycles. The number of rotatable bonds is 11. The van der Waals surface area contributed by atoms with E-state index >= 15 is 0 Å². The fourth-order valence-electron chi connectivity index (χ4n) is 3.23. The average molecular weight is 477 g/mol. The number of nitrogens with zero attached hydrogens (tertiary/aromatic N) is 5. The normalized spacial score (nSPS) is 10.8. The van der Waals surface area contributed by atoms with Crippen molar-refractivity contribution in [1.82, 2.24) is 0 Å². The topological polar surface area (TPSA) is 141 Å². The summed E-state index contributed by atoms with van der Waals surface area (Å²) in [4.78, 5) is 34.8. The van der Waals surface area contributed by atoms with Gasteiger partial charge in [-0.15, -0.1) is 0 Å². The Morgan fingerprint density at radius 3 is 2.06 bits per heavy atom. The fraction of sp³-hybridized carbons (Fsp3) is 0.208. The van der Waals surface area contributed by atoms with Crippen molar-refractivity contribution < 1.29 is 19.4 Å². The van der Waals surface area contributed by atoms with E-state index in [2.05, 4.69) is 10.2 Å². The van der Waals surface area contributed by atoms with Gasteiger partial charge in [0.1, 0.15) is 0 Å². The molecule has 0 saturated carbocycles. The van der Waals surface area contributed by atoms with Crippen LogP contribution in [0.1, 0.15) is 18.9 Å². The molecular formula is C24H23N5O6. The minimum Gasteiger partial charge on any atom is -0.466 e. The van der Waals surface area contributed by atoms with E-state index in [1.165, 1.54) is 36.4 Å². The van der Waals surface area contributed by atoms with E-state index in [0.717, 1.165) is 11.3 Å². The Kier molecular flexibility index (Phi) is 8.54. The van der Waals surface area contributed by atoms with Crippen molar-refractivity contribution in [3.8, 4) is 0 Å². The first-order chi connectivity index (χ1) is 16.9. The van der Waals surface area contributed by atoms with Crippen LogP contribution in [0.2, 0.25) is 0 Å². The standard InChI is InChI=1S/C24H23N5O6/c1-2-35-24(30)14-15-27(17-18-4-3-5-23(16-18)29(33)34)21-10-6-19(7-11-21)25-26-20-8-12-22(13-9-20)28(31)32/h3-13,16H,2,14-15,17H2,1H3. The van der Waals surface area contributed by atoms with Crippen molar-refractivity contribution in [2.45, 2.75) is 19.9 Å². The Labute approximate surface area is 201 Å². The van der Waals surface area contributed by atoms with Crippen LogP contribution in [-0.4, -0.2) is 29.0 Å². The first-order valence-electron chi connectivity index (χ1n) is 10.8. The van der Waals surface area contributed by atoms with Crippen LogP contribution in [0.5, 0.6) is 0 Å². The Morgan fingerprint density at radius 1 is 0.886 bits per heavy atom. The molecule has 180 valence electrons. The molecular weight excluding hydrogens is 454 g/mol. The zero-order chi connectivity index (χ0) is 25.2. The first-order valence-corrected chi connectivity index (χ1v) is 10.8. The molecule has 35 heavy (non-hydrogen) atoms. The van der Waals surface area contributed by atoms with Gasteiger partial charge in [0.2, 0.25) is 0 Å². The van der Waals surface area contributed by atoms with Gasteiger partial charge in [-0.2, -0.15) is 10.2 Å². The highest BCUT2D eigenvalue weighted by atomic mass is 16.6. The van der Waals surface area contributed by atoms with Crippen molar-refractivity contribution in [3.05, 3.63) is 98.6 Å². The molecule has 11 heteroatoms. The molecule has 0 N–H and O–H groups in total. The number of hydrogen-bond acceptors (Lipinski definition) is 9. The highest BCUT2D eigenvalue weighted by Crippen LogP contribution is 2.25. The highest BCUT2D eigenvalue weighted by Gasteiger charge is 2.13. The van der Waals surface area contributed by atoms with Crippen LogP contribution in [-0.2, 0) is 16.1 Å². The Balaban J connectivity index is 1.76. The van der Waals surface area contributed by atoms with Gasteiger partial charge >= 0.3 is 5.97 Å². The van der Waals surface area contributed by atoms with Crippen LogP contribution in [0.15, 0.2) is 83.0 Å². The van der Waals surface area contributed by atoms with E-state index in [9.17, 15) is 25.0 Å². The average Bonchev–Trinajstić information content (AvgIpc) is 2.86.